The van der Waals surface area contributed by atoms with Crippen LogP contribution in [0.3, 0.4) is 0 Å². The summed E-state index contributed by atoms with van der Waals surface area (Å²) in [6, 6.07) is 0. The Bertz CT molecular complexity index is 378. The Balaban J connectivity index is 1.62. The van der Waals surface area contributed by atoms with Gasteiger partial charge >= 0.3 is 5.97 Å². The van der Waals surface area contributed by atoms with Crippen molar-refractivity contribution in [1.29, 1.82) is 0 Å². The summed E-state index contributed by atoms with van der Waals surface area (Å²) < 4.78 is 16.3. The summed E-state index contributed by atoms with van der Waals surface area (Å²) >= 11 is 0. The number of aldehydes is 1. The van der Waals surface area contributed by atoms with E-state index in [1.54, 1.807) is 0 Å². The SMILES string of the molecule is COC(=O)CCCCCC[C@H]1CC[C@@H](OC2CCCCO2)[C@@H]1C=O. The van der Waals surface area contributed by atoms with Gasteiger partial charge < -0.3 is 19.0 Å². The van der Waals surface area contributed by atoms with Gasteiger partial charge in [0.25, 0.3) is 0 Å². The second kappa shape index (κ2) is 10.8. The maximum absolute atomic E-state index is 11.5. The van der Waals surface area contributed by atoms with Gasteiger partial charge in [0.2, 0.25) is 0 Å². The summed E-state index contributed by atoms with van der Waals surface area (Å²) in [5.74, 6) is 0.332. The molecule has 0 amide bonds. The van der Waals surface area contributed by atoms with Crippen molar-refractivity contribution < 1.29 is 23.8 Å². The van der Waals surface area contributed by atoms with Crippen LogP contribution in [0.2, 0.25) is 0 Å². The molecule has 0 aromatic rings. The van der Waals surface area contributed by atoms with Gasteiger partial charge in [-0.1, -0.05) is 19.3 Å². The molecule has 2 aliphatic rings. The predicted octanol–water partition coefficient (Wildman–Crippen LogP) is 3.64. The molecule has 2 fully saturated rings. The van der Waals surface area contributed by atoms with Gasteiger partial charge in [0.15, 0.2) is 6.29 Å². The molecule has 0 radical (unpaired) electrons. The van der Waals surface area contributed by atoms with Crippen molar-refractivity contribution in [3.63, 3.8) is 0 Å². The van der Waals surface area contributed by atoms with Crippen LogP contribution in [0.5, 0.6) is 0 Å². The number of hydrogen-bond donors (Lipinski definition) is 0. The molecule has 24 heavy (non-hydrogen) atoms. The molecule has 2 rings (SSSR count). The highest BCUT2D eigenvalue weighted by Crippen LogP contribution is 2.37. The van der Waals surface area contributed by atoms with E-state index in [2.05, 4.69) is 4.74 Å². The molecule has 4 atom stereocenters. The van der Waals surface area contributed by atoms with E-state index in [1.807, 2.05) is 0 Å². The van der Waals surface area contributed by atoms with Crippen LogP contribution in [0.1, 0.15) is 70.6 Å². The van der Waals surface area contributed by atoms with Crippen LogP contribution in [-0.2, 0) is 23.8 Å². The quantitative estimate of drug-likeness (QED) is 0.345. The number of ether oxygens (including phenoxy) is 3. The largest absolute Gasteiger partial charge is 0.469 e. The first-order valence-electron chi connectivity index (χ1n) is 9.53. The Morgan fingerprint density at radius 1 is 1.12 bits per heavy atom. The summed E-state index contributed by atoms with van der Waals surface area (Å²) in [7, 11) is 1.43. The lowest BCUT2D eigenvalue weighted by atomic mass is 9.90. The molecule has 5 nitrogen and oxygen atoms in total. The Morgan fingerprint density at radius 2 is 1.96 bits per heavy atom. The fourth-order valence-electron chi connectivity index (χ4n) is 3.91. The number of carbonyl (C=O) groups excluding carboxylic acids is 2. The number of unbranched alkanes of at least 4 members (excludes halogenated alkanes) is 3. The van der Waals surface area contributed by atoms with Gasteiger partial charge in [0, 0.05) is 18.9 Å². The number of rotatable bonds is 10. The maximum atomic E-state index is 11.5. The van der Waals surface area contributed by atoms with Crippen molar-refractivity contribution >= 4 is 12.3 Å². The molecule has 5 heteroatoms. The lowest BCUT2D eigenvalue weighted by Crippen LogP contribution is -2.32. The predicted molar refractivity (Wildman–Crippen MR) is 90.5 cm³/mol. The van der Waals surface area contributed by atoms with Crippen LogP contribution in [-0.4, -0.2) is 38.4 Å². The van der Waals surface area contributed by atoms with Crippen LogP contribution >= 0.6 is 0 Å². The molecule has 0 bridgehead atoms. The van der Waals surface area contributed by atoms with E-state index in [0.717, 1.165) is 77.1 Å². The first-order valence-corrected chi connectivity index (χ1v) is 9.53. The first kappa shape index (κ1) is 19.4. The Hall–Kier alpha value is -0.940. The van der Waals surface area contributed by atoms with E-state index in [-0.39, 0.29) is 24.3 Å². The summed E-state index contributed by atoms with van der Waals surface area (Å²) in [4.78, 5) is 22.6. The van der Waals surface area contributed by atoms with E-state index in [1.165, 1.54) is 7.11 Å². The normalized spacial score (nSPS) is 30.2. The van der Waals surface area contributed by atoms with Crippen LogP contribution in [0.25, 0.3) is 0 Å². The molecular weight excluding hydrogens is 308 g/mol. The smallest absolute Gasteiger partial charge is 0.305 e. The molecule has 1 unspecified atom stereocenters. The minimum atomic E-state index is -0.128. The lowest BCUT2D eigenvalue weighted by Gasteiger charge is -2.28. The van der Waals surface area contributed by atoms with Gasteiger partial charge in [-0.2, -0.15) is 0 Å². The Morgan fingerprint density at radius 3 is 2.67 bits per heavy atom. The number of methoxy groups -OCH3 is 1. The molecule has 0 N–H and O–H groups in total. The molecule has 1 saturated carbocycles. The molecule has 138 valence electrons. The molecule has 1 heterocycles. The van der Waals surface area contributed by atoms with Crippen molar-refractivity contribution in [1.82, 2.24) is 0 Å². The van der Waals surface area contributed by atoms with Gasteiger partial charge in [0.05, 0.1) is 13.2 Å². The van der Waals surface area contributed by atoms with E-state index in [9.17, 15) is 9.59 Å². The second-order valence-electron chi connectivity index (χ2n) is 7.05. The lowest BCUT2D eigenvalue weighted by molar-refractivity contribution is -0.194. The highest BCUT2D eigenvalue weighted by Gasteiger charge is 2.37. The zero-order valence-corrected chi connectivity index (χ0v) is 14.9. The third-order valence-corrected chi connectivity index (χ3v) is 5.35. The summed E-state index contributed by atoms with van der Waals surface area (Å²) in [6.07, 6.45) is 12.0. The minimum Gasteiger partial charge on any atom is -0.469 e. The zero-order valence-electron chi connectivity index (χ0n) is 14.9. The molecular formula is C19H32O5. The van der Waals surface area contributed by atoms with Gasteiger partial charge in [0.1, 0.15) is 6.29 Å². The van der Waals surface area contributed by atoms with Gasteiger partial charge in [-0.05, 0) is 50.9 Å². The van der Waals surface area contributed by atoms with E-state index in [4.69, 9.17) is 9.47 Å². The standard InChI is InChI=1S/C19H32O5/c1-22-18(21)9-5-3-2-4-8-15-11-12-17(16(15)14-20)24-19-10-6-7-13-23-19/h14-17,19H,2-13H2,1H3/t15-,16+,17+,19?/m0/s1. The summed E-state index contributed by atoms with van der Waals surface area (Å²) in [5, 5.41) is 0. The fourth-order valence-corrected chi connectivity index (χ4v) is 3.91. The fraction of sp³-hybridized carbons (Fsp3) is 0.895. The van der Waals surface area contributed by atoms with E-state index >= 15 is 0 Å². The van der Waals surface area contributed by atoms with Gasteiger partial charge in [-0.15, -0.1) is 0 Å². The molecule has 0 spiro atoms. The first-order chi connectivity index (χ1) is 11.7. The number of carbonyl (C=O) groups is 2. The van der Waals surface area contributed by atoms with Crippen molar-refractivity contribution in [3.8, 4) is 0 Å². The average Bonchev–Trinajstić information content (AvgIpc) is 3.00. The molecule has 1 saturated heterocycles. The van der Waals surface area contributed by atoms with Gasteiger partial charge in [-0.3, -0.25) is 4.79 Å². The Labute approximate surface area is 145 Å². The van der Waals surface area contributed by atoms with Crippen LogP contribution in [0.4, 0.5) is 0 Å². The van der Waals surface area contributed by atoms with E-state index in [0.29, 0.717) is 12.3 Å². The highest BCUT2D eigenvalue weighted by molar-refractivity contribution is 5.68. The van der Waals surface area contributed by atoms with E-state index < -0.39 is 0 Å². The second-order valence-corrected chi connectivity index (χ2v) is 7.05. The van der Waals surface area contributed by atoms with Crippen LogP contribution < -0.4 is 0 Å². The molecule has 1 aliphatic carbocycles. The number of esters is 1. The van der Waals surface area contributed by atoms with Crippen LogP contribution in [0.15, 0.2) is 0 Å². The average molecular weight is 340 g/mol. The van der Waals surface area contributed by atoms with Gasteiger partial charge in [-0.25, -0.2) is 0 Å². The third kappa shape index (κ3) is 6.17. The van der Waals surface area contributed by atoms with Crippen LogP contribution in [0, 0.1) is 11.8 Å². The molecule has 0 aromatic heterocycles. The maximum Gasteiger partial charge on any atom is 0.305 e. The highest BCUT2D eigenvalue weighted by atomic mass is 16.7. The number of hydrogen-bond acceptors (Lipinski definition) is 5. The van der Waals surface area contributed by atoms with Crippen molar-refractivity contribution in [3.05, 3.63) is 0 Å². The van der Waals surface area contributed by atoms with Crippen molar-refractivity contribution in [2.45, 2.75) is 83.0 Å². The Kier molecular flexibility index (Phi) is 8.75. The summed E-state index contributed by atoms with van der Waals surface area (Å²) in [6.45, 7) is 0.776. The minimum absolute atomic E-state index is 0.0191. The third-order valence-electron chi connectivity index (χ3n) is 5.35. The zero-order chi connectivity index (χ0) is 17.2. The summed E-state index contributed by atoms with van der Waals surface area (Å²) in [5.41, 5.74) is 0. The molecule has 1 aliphatic heterocycles. The topological polar surface area (TPSA) is 61.8 Å². The molecule has 0 aromatic carbocycles. The monoisotopic (exact) mass is 340 g/mol. The van der Waals surface area contributed by atoms with Crippen molar-refractivity contribution in [2.24, 2.45) is 11.8 Å². The van der Waals surface area contributed by atoms with Crippen molar-refractivity contribution in [2.75, 3.05) is 13.7 Å².